The van der Waals surface area contributed by atoms with Crippen molar-refractivity contribution in [2.24, 2.45) is 0 Å². The predicted octanol–water partition coefficient (Wildman–Crippen LogP) is 4.98. The first kappa shape index (κ1) is 24.5. The highest BCUT2D eigenvalue weighted by Crippen LogP contribution is 2.35. The monoisotopic (exact) mass is 506 g/mol. The molecule has 0 heterocycles. The molecule has 0 atom stereocenters. The van der Waals surface area contributed by atoms with E-state index in [1.807, 2.05) is 0 Å². The van der Waals surface area contributed by atoms with E-state index in [-0.39, 0.29) is 33.6 Å². The van der Waals surface area contributed by atoms with Gasteiger partial charge in [0.2, 0.25) is 0 Å². The first-order valence-electron chi connectivity index (χ1n) is 11.7. The maximum Gasteiger partial charge on any atom is 0.255 e. The number of nitrogens with one attached hydrogen (secondary N) is 2. The summed E-state index contributed by atoms with van der Waals surface area (Å²) in [4.78, 5) is 53.0. The largest absolute Gasteiger partial charge is 0.497 e. The van der Waals surface area contributed by atoms with E-state index in [4.69, 9.17) is 9.47 Å². The van der Waals surface area contributed by atoms with Crippen LogP contribution in [-0.2, 0) is 0 Å². The number of hydrogen-bond acceptors (Lipinski definition) is 6. The Balaban J connectivity index is 1.46. The highest BCUT2D eigenvalue weighted by molar-refractivity contribution is 6.32. The van der Waals surface area contributed by atoms with E-state index in [9.17, 15) is 19.2 Å². The summed E-state index contributed by atoms with van der Waals surface area (Å²) in [6, 6.07) is 22.4. The van der Waals surface area contributed by atoms with Gasteiger partial charge in [0, 0.05) is 22.3 Å². The molecule has 4 aromatic carbocycles. The highest BCUT2D eigenvalue weighted by Gasteiger charge is 2.34. The van der Waals surface area contributed by atoms with Crippen molar-refractivity contribution in [2.45, 2.75) is 0 Å². The van der Waals surface area contributed by atoms with Gasteiger partial charge in [-0.3, -0.25) is 19.2 Å². The highest BCUT2D eigenvalue weighted by atomic mass is 16.5. The van der Waals surface area contributed by atoms with Gasteiger partial charge in [-0.25, -0.2) is 0 Å². The van der Waals surface area contributed by atoms with E-state index in [2.05, 4.69) is 10.6 Å². The fraction of sp³-hybridized carbons (Fsp3) is 0.0667. The molecule has 1 aliphatic carbocycles. The van der Waals surface area contributed by atoms with Gasteiger partial charge in [-0.2, -0.15) is 0 Å². The number of anilines is 2. The van der Waals surface area contributed by atoms with Crippen molar-refractivity contribution in [1.82, 2.24) is 0 Å². The molecule has 0 fully saturated rings. The third kappa shape index (κ3) is 4.39. The fourth-order valence-corrected chi connectivity index (χ4v) is 4.32. The lowest BCUT2D eigenvalue weighted by Gasteiger charge is -2.22. The van der Waals surface area contributed by atoms with Crippen LogP contribution in [0.1, 0.15) is 52.6 Å². The molecule has 0 aromatic heterocycles. The normalized spacial score (nSPS) is 11.7. The average Bonchev–Trinajstić information content (AvgIpc) is 2.95. The number of rotatable bonds is 6. The Morgan fingerprint density at radius 3 is 1.26 bits per heavy atom. The van der Waals surface area contributed by atoms with Crippen LogP contribution in [0.5, 0.6) is 11.5 Å². The lowest BCUT2D eigenvalue weighted by atomic mass is 9.82. The van der Waals surface area contributed by atoms with Gasteiger partial charge in [-0.1, -0.05) is 24.3 Å². The van der Waals surface area contributed by atoms with Crippen LogP contribution in [0.25, 0.3) is 0 Å². The number of carbonyl (C=O) groups is 4. The molecule has 8 heteroatoms. The van der Waals surface area contributed by atoms with Gasteiger partial charge >= 0.3 is 0 Å². The Labute approximate surface area is 218 Å². The summed E-state index contributed by atoms with van der Waals surface area (Å²) >= 11 is 0. The van der Waals surface area contributed by atoms with E-state index in [0.717, 1.165) is 0 Å². The van der Waals surface area contributed by atoms with Crippen molar-refractivity contribution in [3.63, 3.8) is 0 Å². The van der Waals surface area contributed by atoms with E-state index < -0.39 is 23.4 Å². The molecular formula is C30H22N2O6. The summed E-state index contributed by atoms with van der Waals surface area (Å²) < 4.78 is 10.2. The lowest BCUT2D eigenvalue weighted by molar-refractivity contribution is 0.0977. The first-order valence-corrected chi connectivity index (χ1v) is 11.7. The predicted molar refractivity (Wildman–Crippen MR) is 142 cm³/mol. The van der Waals surface area contributed by atoms with Crippen LogP contribution in [0.3, 0.4) is 0 Å². The molecule has 8 nitrogen and oxygen atoms in total. The Bertz CT molecular complexity index is 1470. The molecule has 0 aliphatic heterocycles. The van der Waals surface area contributed by atoms with Crippen molar-refractivity contribution in [3.8, 4) is 11.5 Å². The number of ether oxygens (including phenoxy) is 2. The van der Waals surface area contributed by atoms with Crippen molar-refractivity contribution in [1.29, 1.82) is 0 Å². The third-order valence-corrected chi connectivity index (χ3v) is 6.27. The van der Waals surface area contributed by atoms with Crippen LogP contribution in [0.4, 0.5) is 11.4 Å². The van der Waals surface area contributed by atoms with Gasteiger partial charge in [-0.05, 0) is 60.7 Å². The summed E-state index contributed by atoms with van der Waals surface area (Å²) in [6.45, 7) is 0. The number of hydrogen-bond donors (Lipinski definition) is 2. The molecule has 0 radical (unpaired) electrons. The summed E-state index contributed by atoms with van der Waals surface area (Å²) in [5.74, 6) is -0.529. The van der Waals surface area contributed by atoms with Crippen molar-refractivity contribution in [2.75, 3.05) is 24.9 Å². The third-order valence-electron chi connectivity index (χ3n) is 6.27. The zero-order valence-corrected chi connectivity index (χ0v) is 20.5. The molecule has 38 heavy (non-hydrogen) atoms. The zero-order chi connectivity index (χ0) is 26.8. The molecule has 0 unspecified atom stereocenters. The number of ketones is 2. The molecule has 1 aliphatic rings. The van der Waals surface area contributed by atoms with Gasteiger partial charge < -0.3 is 20.1 Å². The number of benzene rings is 4. The minimum absolute atomic E-state index is 0.102. The van der Waals surface area contributed by atoms with E-state index in [1.165, 1.54) is 26.4 Å². The van der Waals surface area contributed by atoms with Crippen LogP contribution >= 0.6 is 0 Å². The molecule has 4 aromatic rings. The topological polar surface area (TPSA) is 111 Å². The molecule has 2 N–H and O–H groups in total. The average molecular weight is 507 g/mol. The maximum absolute atomic E-state index is 13.6. The Morgan fingerprint density at radius 1 is 0.553 bits per heavy atom. The molecule has 0 bridgehead atoms. The van der Waals surface area contributed by atoms with Gasteiger partial charge in [-0.15, -0.1) is 0 Å². The number of amides is 2. The van der Waals surface area contributed by atoms with E-state index in [0.29, 0.717) is 22.6 Å². The number of carbonyl (C=O) groups excluding carboxylic acids is 4. The summed E-state index contributed by atoms with van der Waals surface area (Å²) in [7, 11) is 3.06. The SMILES string of the molecule is COc1ccc(C(=O)Nc2cccc3c2C(=O)c2cccc(NC(=O)c4ccc(OC)cc4)c2C3=O)cc1. The maximum atomic E-state index is 13.6. The molecule has 188 valence electrons. The standard InChI is InChI=1S/C30H22N2O6/c1-37-19-13-9-17(10-14-19)29(35)31-23-7-3-5-21-25(23)27(33)22-6-4-8-24(26(22)28(21)34)32-30(36)18-11-15-20(38-2)16-12-18/h3-16H,1-2H3,(H,31,35)(H,32,36). The molecule has 2 amide bonds. The molecule has 0 saturated carbocycles. The van der Waals surface area contributed by atoms with Gasteiger partial charge in [0.1, 0.15) is 11.5 Å². The Morgan fingerprint density at radius 2 is 0.921 bits per heavy atom. The zero-order valence-electron chi connectivity index (χ0n) is 20.5. The van der Waals surface area contributed by atoms with Gasteiger partial charge in [0.25, 0.3) is 11.8 Å². The number of methoxy groups -OCH3 is 2. The smallest absolute Gasteiger partial charge is 0.255 e. The van der Waals surface area contributed by atoms with Crippen LogP contribution in [0.15, 0.2) is 84.9 Å². The molecule has 0 spiro atoms. The van der Waals surface area contributed by atoms with E-state index >= 15 is 0 Å². The summed E-state index contributed by atoms with van der Waals surface area (Å²) in [5, 5.41) is 5.50. The quantitative estimate of drug-likeness (QED) is 0.336. The lowest BCUT2D eigenvalue weighted by Crippen LogP contribution is -2.26. The van der Waals surface area contributed by atoms with Crippen LogP contribution in [0.2, 0.25) is 0 Å². The van der Waals surface area contributed by atoms with Gasteiger partial charge in [0.05, 0.1) is 36.7 Å². The summed E-state index contributed by atoms with van der Waals surface area (Å²) in [5.41, 5.74) is 1.65. The fourth-order valence-electron chi connectivity index (χ4n) is 4.32. The van der Waals surface area contributed by atoms with Crippen LogP contribution in [0, 0.1) is 0 Å². The second-order valence-electron chi connectivity index (χ2n) is 8.48. The molecular weight excluding hydrogens is 484 g/mol. The Kier molecular flexibility index (Phi) is 6.45. The second-order valence-corrected chi connectivity index (χ2v) is 8.48. The first-order chi connectivity index (χ1) is 18.4. The van der Waals surface area contributed by atoms with Crippen LogP contribution < -0.4 is 20.1 Å². The minimum atomic E-state index is -0.437. The number of fused-ring (bicyclic) bond motifs is 2. The summed E-state index contributed by atoms with van der Waals surface area (Å²) in [6.07, 6.45) is 0. The minimum Gasteiger partial charge on any atom is -0.497 e. The second kappa shape index (κ2) is 10.0. The van der Waals surface area contributed by atoms with Crippen molar-refractivity contribution >= 4 is 34.8 Å². The van der Waals surface area contributed by atoms with Crippen molar-refractivity contribution in [3.05, 3.63) is 118 Å². The van der Waals surface area contributed by atoms with E-state index in [1.54, 1.807) is 72.8 Å². The molecule has 5 rings (SSSR count). The van der Waals surface area contributed by atoms with Crippen molar-refractivity contribution < 1.29 is 28.7 Å². The molecule has 0 saturated heterocycles. The van der Waals surface area contributed by atoms with Crippen LogP contribution in [-0.4, -0.2) is 37.6 Å². The van der Waals surface area contributed by atoms with Gasteiger partial charge in [0.15, 0.2) is 11.6 Å². The Hall–Kier alpha value is -5.24.